The van der Waals surface area contributed by atoms with Crippen molar-refractivity contribution in [2.24, 2.45) is 0 Å². The van der Waals surface area contributed by atoms with Gasteiger partial charge < -0.3 is 9.47 Å². The molecule has 0 spiro atoms. The minimum atomic E-state index is -0.0638. The van der Waals surface area contributed by atoms with E-state index in [1.807, 2.05) is 12.1 Å². The van der Waals surface area contributed by atoms with Gasteiger partial charge in [0, 0.05) is 31.5 Å². The Morgan fingerprint density at radius 1 is 1.26 bits per heavy atom. The van der Waals surface area contributed by atoms with Crippen molar-refractivity contribution in [1.82, 2.24) is 4.90 Å². The second kappa shape index (κ2) is 4.53. The lowest BCUT2D eigenvalue weighted by Crippen LogP contribution is -2.49. The van der Waals surface area contributed by atoms with E-state index in [1.54, 1.807) is 0 Å². The van der Waals surface area contributed by atoms with Crippen LogP contribution in [0.1, 0.15) is 32.3 Å². The van der Waals surface area contributed by atoms with E-state index in [4.69, 9.17) is 9.47 Å². The van der Waals surface area contributed by atoms with Crippen LogP contribution in [0.2, 0.25) is 0 Å². The quantitative estimate of drug-likeness (QED) is 0.819. The third kappa shape index (κ3) is 2.45. The summed E-state index contributed by atoms with van der Waals surface area (Å²) in [6.07, 6.45) is 1.30. The van der Waals surface area contributed by atoms with Gasteiger partial charge >= 0.3 is 0 Å². The summed E-state index contributed by atoms with van der Waals surface area (Å²) in [4.78, 5) is 13.9. The molecule has 0 aromatic heterocycles. The first kappa shape index (κ1) is 12.5. The maximum absolute atomic E-state index is 11.6. The fourth-order valence-corrected chi connectivity index (χ4v) is 2.80. The van der Waals surface area contributed by atoms with Gasteiger partial charge in [-0.25, -0.2) is 0 Å². The highest BCUT2D eigenvalue weighted by Gasteiger charge is 2.33. The van der Waals surface area contributed by atoms with Crippen molar-refractivity contribution in [3.05, 3.63) is 23.8 Å². The number of ketones is 1. The Labute approximate surface area is 113 Å². The highest BCUT2D eigenvalue weighted by molar-refractivity contribution is 5.80. The molecule has 19 heavy (non-hydrogen) atoms. The Morgan fingerprint density at radius 2 is 2.05 bits per heavy atom. The molecule has 102 valence electrons. The van der Waals surface area contributed by atoms with Crippen LogP contribution in [0.25, 0.3) is 0 Å². The van der Waals surface area contributed by atoms with E-state index in [2.05, 4.69) is 24.8 Å². The lowest BCUT2D eigenvalue weighted by Gasteiger charge is -2.41. The van der Waals surface area contributed by atoms with Gasteiger partial charge in [0.2, 0.25) is 6.79 Å². The topological polar surface area (TPSA) is 38.8 Å². The van der Waals surface area contributed by atoms with Gasteiger partial charge in [-0.15, -0.1) is 0 Å². The molecule has 2 heterocycles. The molecule has 0 N–H and O–H groups in total. The number of Topliss-reactive ketones (excluding diaryl/α,β-unsaturated/α-hetero) is 1. The van der Waals surface area contributed by atoms with E-state index >= 15 is 0 Å². The van der Waals surface area contributed by atoms with Gasteiger partial charge in [0.25, 0.3) is 0 Å². The zero-order valence-corrected chi connectivity index (χ0v) is 11.4. The Kier molecular flexibility index (Phi) is 2.97. The van der Waals surface area contributed by atoms with Gasteiger partial charge in [-0.2, -0.15) is 0 Å². The Morgan fingerprint density at radius 3 is 2.84 bits per heavy atom. The van der Waals surface area contributed by atoms with Crippen LogP contribution in [-0.2, 0) is 11.3 Å². The van der Waals surface area contributed by atoms with Crippen LogP contribution < -0.4 is 9.47 Å². The molecule has 1 saturated heterocycles. The van der Waals surface area contributed by atoms with Crippen LogP contribution in [0.3, 0.4) is 0 Å². The number of piperidine rings is 1. The summed E-state index contributed by atoms with van der Waals surface area (Å²) < 4.78 is 10.7. The average molecular weight is 261 g/mol. The molecule has 1 aromatic rings. The number of hydrogen-bond donors (Lipinski definition) is 0. The maximum atomic E-state index is 11.6. The van der Waals surface area contributed by atoms with Gasteiger partial charge in [0.1, 0.15) is 5.78 Å². The number of hydrogen-bond acceptors (Lipinski definition) is 4. The Hall–Kier alpha value is -1.55. The number of nitrogens with zero attached hydrogens (tertiary/aromatic N) is 1. The fourth-order valence-electron chi connectivity index (χ4n) is 2.80. The lowest BCUT2D eigenvalue weighted by molar-refractivity contribution is -0.125. The van der Waals surface area contributed by atoms with Crippen LogP contribution >= 0.6 is 0 Å². The number of carbonyl (C=O) groups excluding carboxylic acids is 1. The number of rotatable bonds is 2. The molecule has 0 amide bonds. The predicted octanol–water partition coefficient (Wildman–Crippen LogP) is 2.36. The predicted molar refractivity (Wildman–Crippen MR) is 71.3 cm³/mol. The zero-order valence-electron chi connectivity index (χ0n) is 11.4. The van der Waals surface area contributed by atoms with E-state index in [1.165, 1.54) is 5.56 Å². The van der Waals surface area contributed by atoms with E-state index in [0.29, 0.717) is 25.4 Å². The summed E-state index contributed by atoms with van der Waals surface area (Å²) in [7, 11) is 0. The number of likely N-dealkylation sites (tertiary alicyclic amines) is 1. The number of carbonyl (C=O) groups is 1. The molecule has 0 unspecified atom stereocenters. The van der Waals surface area contributed by atoms with Gasteiger partial charge in [-0.05, 0) is 31.5 Å². The highest BCUT2D eigenvalue weighted by atomic mass is 16.7. The van der Waals surface area contributed by atoms with Crippen LogP contribution in [0.4, 0.5) is 0 Å². The second-order valence-electron chi connectivity index (χ2n) is 5.89. The van der Waals surface area contributed by atoms with Crippen molar-refractivity contribution in [2.45, 2.75) is 38.8 Å². The Bertz CT molecular complexity index is 510. The third-order valence-corrected chi connectivity index (χ3v) is 3.96. The van der Waals surface area contributed by atoms with Gasteiger partial charge in [-0.1, -0.05) is 6.07 Å². The molecule has 0 atom stereocenters. The normalized spacial score (nSPS) is 21.7. The molecular weight excluding hydrogens is 242 g/mol. The number of benzene rings is 1. The molecular formula is C15H19NO3. The third-order valence-electron chi connectivity index (χ3n) is 3.96. The molecule has 2 aliphatic rings. The zero-order chi connectivity index (χ0) is 13.5. The highest BCUT2D eigenvalue weighted by Crippen LogP contribution is 2.34. The summed E-state index contributed by atoms with van der Waals surface area (Å²) in [6, 6.07) is 6.06. The molecule has 0 radical (unpaired) electrons. The molecule has 1 aromatic carbocycles. The molecule has 3 rings (SSSR count). The standard InChI is InChI=1S/C15H19NO3/c1-15(2)8-12(17)5-6-16(15)9-11-3-4-13-14(7-11)19-10-18-13/h3-4,7H,5-6,8-10H2,1-2H3. The van der Waals surface area contributed by atoms with Crippen LogP contribution in [0, 0.1) is 0 Å². The first-order chi connectivity index (χ1) is 9.04. The summed E-state index contributed by atoms with van der Waals surface area (Å²) in [5, 5.41) is 0. The smallest absolute Gasteiger partial charge is 0.231 e. The van der Waals surface area contributed by atoms with Crippen LogP contribution in [0.5, 0.6) is 11.5 Å². The first-order valence-corrected chi connectivity index (χ1v) is 6.70. The number of fused-ring (bicyclic) bond motifs is 1. The van der Waals surface area contributed by atoms with Crippen LogP contribution in [0.15, 0.2) is 18.2 Å². The molecule has 4 nitrogen and oxygen atoms in total. The van der Waals surface area contributed by atoms with Gasteiger partial charge in [0.05, 0.1) is 0 Å². The molecule has 0 saturated carbocycles. The van der Waals surface area contributed by atoms with Crippen molar-refractivity contribution >= 4 is 5.78 Å². The SMILES string of the molecule is CC1(C)CC(=O)CCN1Cc1ccc2c(c1)OCO2. The fraction of sp³-hybridized carbons (Fsp3) is 0.533. The van der Waals surface area contributed by atoms with E-state index < -0.39 is 0 Å². The van der Waals surface area contributed by atoms with Crippen molar-refractivity contribution in [3.8, 4) is 11.5 Å². The van der Waals surface area contributed by atoms with E-state index in [0.717, 1.165) is 24.6 Å². The molecule has 0 aliphatic carbocycles. The molecule has 4 heteroatoms. The molecule has 0 bridgehead atoms. The molecule has 1 fully saturated rings. The van der Waals surface area contributed by atoms with Crippen molar-refractivity contribution in [2.75, 3.05) is 13.3 Å². The summed E-state index contributed by atoms with van der Waals surface area (Å²) in [6.45, 7) is 6.26. The van der Waals surface area contributed by atoms with Crippen LogP contribution in [-0.4, -0.2) is 29.6 Å². The monoisotopic (exact) mass is 261 g/mol. The number of ether oxygens (including phenoxy) is 2. The first-order valence-electron chi connectivity index (χ1n) is 6.70. The maximum Gasteiger partial charge on any atom is 0.231 e. The van der Waals surface area contributed by atoms with Crippen molar-refractivity contribution < 1.29 is 14.3 Å². The lowest BCUT2D eigenvalue weighted by atomic mass is 9.89. The summed E-state index contributed by atoms with van der Waals surface area (Å²) >= 11 is 0. The second-order valence-corrected chi connectivity index (χ2v) is 5.89. The van der Waals surface area contributed by atoms with Gasteiger partial charge in [0.15, 0.2) is 11.5 Å². The largest absolute Gasteiger partial charge is 0.454 e. The van der Waals surface area contributed by atoms with Crippen molar-refractivity contribution in [1.29, 1.82) is 0 Å². The van der Waals surface area contributed by atoms with E-state index in [9.17, 15) is 4.79 Å². The minimum absolute atomic E-state index is 0.0638. The summed E-state index contributed by atoms with van der Waals surface area (Å²) in [5.74, 6) is 2.01. The van der Waals surface area contributed by atoms with E-state index in [-0.39, 0.29) is 5.54 Å². The average Bonchev–Trinajstić information content (AvgIpc) is 2.79. The minimum Gasteiger partial charge on any atom is -0.454 e. The van der Waals surface area contributed by atoms with Crippen molar-refractivity contribution in [3.63, 3.8) is 0 Å². The molecule has 2 aliphatic heterocycles. The van der Waals surface area contributed by atoms with Gasteiger partial charge in [-0.3, -0.25) is 9.69 Å². The Balaban J connectivity index is 1.76. The summed E-state index contributed by atoms with van der Waals surface area (Å²) in [5.41, 5.74) is 1.14.